The molecule has 0 radical (unpaired) electrons. The molecule has 0 spiro atoms. The monoisotopic (exact) mass is 364 g/mol. The standard InChI is InChI=1S/C19H16N4O4/c1-3-27-18(24)16-14-6-4-5-7-15(14)22-17(16)20-21-23(19(22)25)12-8-10-13(26-2)11-9-12/h4-11H,3H2,1-2H3. The summed E-state index contributed by atoms with van der Waals surface area (Å²) >= 11 is 0. The lowest BCUT2D eigenvalue weighted by Gasteiger charge is -2.06. The molecule has 0 aliphatic carbocycles. The molecule has 2 aromatic carbocycles. The van der Waals surface area contributed by atoms with Gasteiger partial charge in [0.15, 0.2) is 5.65 Å². The summed E-state index contributed by atoms with van der Waals surface area (Å²) in [6.07, 6.45) is 0. The van der Waals surface area contributed by atoms with Gasteiger partial charge in [0.1, 0.15) is 11.3 Å². The first-order valence-electron chi connectivity index (χ1n) is 8.36. The van der Waals surface area contributed by atoms with Crippen LogP contribution in [0.15, 0.2) is 53.3 Å². The number of fused-ring (bicyclic) bond motifs is 3. The molecule has 0 bridgehead atoms. The first kappa shape index (κ1) is 16.8. The van der Waals surface area contributed by atoms with Crippen molar-refractivity contribution in [1.82, 2.24) is 19.4 Å². The predicted octanol–water partition coefficient (Wildman–Crippen LogP) is 2.22. The number of carbonyl (C=O) groups is 1. The van der Waals surface area contributed by atoms with Crippen LogP contribution in [0.1, 0.15) is 17.3 Å². The van der Waals surface area contributed by atoms with E-state index in [9.17, 15) is 9.59 Å². The van der Waals surface area contributed by atoms with Crippen LogP contribution in [0.2, 0.25) is 0 Å². The molecule has 2 heterocycles. The van der Waals surface area contributed by atoms with Crippen molar-refractivity contribution in [1.29, 1.82) is 0 Å². The first-order valence-corrected chi connectivity index (χ1v) is 8.36. The molecule has 136 valence electrons. The van der Waals surface area contributed by atoms with Gasteiger partial charge in [0.25, 0.3) is 0 Å². The summed E-state index contributed by atoms with van der Waals surface area (Å²) in [7, 11) is 1.57. The minimum atomic E-state index is -0.535. The Balaban J connectivity index is 2.02. The molecule has 0 saturated heterocycles. The summed E-state index contributed by atoms with van der Waals surface area (Å²) in [6, 6.07) is 14.0. The quantitative estimate of drug-likeness (QED) is 0.516. The smallest absolute Gasteiger partial charge is 0.357 e. The lowest BCUT2D eigenvalue weighted by atomic mass is 10.2. The SMILES string of the molecule is CCOC(=O)c1c2ccccc2n2c(=O)n(-c3ccc(OC)cc3)nnc12. The van der Waals surface area contributed by atoms with Crippen LogP contribution in [0.3, 0.4) is 0 Å². The van der Waals surface area contributed by atoms with E-state index in [1.54, 1.807) is 62.6 Å². The molecule has 2 aromatic heterocycles. The number of esters is 1. The zero-order valence-corrected chi connectivity index (χ0v) is 14.7. The molecule has 0 atom stereocenters. The number of para-hydroxylation sites is 1. The van der Waals surface area contributed by atoms with E-state index in [4.69, 9.17) is 9.47 Å². The van der Waals surface area contributed by atoms with Crippen molar-refractivity contribution in [3.8, 4) is 11.4 Å². The Hall–Kier alpha value is -3.68. The molecule has 0 amide bonds. The Kier molecular flexibility index (Phi) is 4.08. The van der Waals surface area contributed by atoms with Crippen molar-refractivity contribution in [2.45, 2.75) is 6.92 Å². The van der Waals surface area contributed by atoms with Crippen molar-refractivity contribution in [3.63, 3.8) is 0 Å². The summed E-state index contributed by atoms with van der Waals surface area (Å²) in [6.45, 7) is 1.95. The highest BCUT2D eigenvalue weighted by atomic mass is 16.5. The molecule has 4 aromatic rings. The van der Waals surface area contributed by atoms with Crippen LogP contribution in [-0.4, -0.2) is 39.1 Å². The van der Waals surface area contributed by atoms with Gasteiger partial charge in [-0.3, -0.25) is 0 Å². The molecule has 0 saturated carbocycles. The van der Waals surface area contributed by atoms with Gasteiger partial charge in [-0.1, -0.05) is 23.4 Å². The van der Waals surface area contributed by atoms with Crippen LogP contribution in [0.4, 0.5) is 0 Å². The minimum absolute atomic E-state index is 0.171. The van der Waals surface area contributed by atoms with Crippen molar-refractivity contribution in [2.75, 3.05) is 13.7 Å². The van der Waals surface area contributed by atoms with Gasteiger partial charge in [-0.25, -0.2) is 14.0 Å². The number of carbonyl (C=O) groups excluding carboxylic acids is 1. The van der Waals surface area contributed by atoms with E-state index in [0.717, 1.165) is 0 Å². The van der Waals surface area contributed by atoms with Crippen molar-refractivity contribution in [3.05, 3.63) is 64.6 Å². The molecule has 0 aliphatic heterocycles. The fourth-order valence-electron chi connectivity index (χ4n) is 3.02. The Bertz CT molecular complexity index is 1210. The normalized spacial score (nSPS) is 11.0. The van der Waals surface area contributed by atoms with Gasteiger partial charge in [-0.05, 0) is 37.3 Å². The first-order chi connectivity index (χ1) is 13.2. The highest BCUT2D eigenvalue weighted by molar-refractivity contribution is 6.10. The van der Waals surface area contributed by atoms with E-state index in [2.05, 4.69) is 10.3 Å². The molecule has 0 N–H and O–H groups in total. The van der Waals surface area contributed by atoms with Crippen LogP contribution in [0.25, 0.3) is 22.2 Å². The fraction of sp³-hybridized carbons (Fsp3) is 0.158. The third-order valence-corrected chi connectivity index (χ3v) is 4.25. The number of aromatic nitrogens is 4. The lowest BCUT2D eigenvalue weighted by Crippen LogP contribution is -2.28. The maximum atomic E-state index is 13.1. The minimum Gasteiger partial charge on any atom is -0.497 e. The summed E-state index contributed by atoms with van der Waals surface area (Å²) in [5.74, 6) is 0.129. The number of benzene rings is 2. The second kappa shape index (κ2) is 6.56. The van der Waals surface area contributed by atoms with Gasteiger partial charge < -0.3 is 9.47 Å². The zero-order valence-electron chi connectivity index (χ0n) is 14.7. The molecule has 27 heavy (non-hydrogen) atoms. The van der Waals surface area contributed by atoms with Gasteiger partial charge in [-0.2, -0.15) is 4.68 Å². The highest BCUT2D eigenvalue weighted by Crippen LogP contribution is 2.24. The molecular weight excluding hydrogens is 348 g/mol. The molecule has 0 unspecified atom stereocenters. The van der Waals surface area contributed by atoms with Gasteiger partial charge in [-0.15, -0.1) is 5.10 Å². The van der Waals surface area contributed by atoms with Crippen LogP contribution in [0, 0.1) is 0 Å². The van der Waals surface area contributed by atoms with E-state index < -0.39 is 11.7 Å². The third kappa shape index (κ3) is 2.62. The molecule has 4 rings (SSSR count). The van der Waals surface area contributed by atoms with Gasteiger partial charge in [0, 0.05) is 5.39 Å². The van der Waals surface area contributed by atoms with Crippen LogP contribution in [0.5, 0.6) is 5.75 Å². The molecule has 8 nitrogen and oxygen atoms in total. The number of methoxy groups -OCH3 is 1. The largest absolute Gasteiger partial charge is 0.497 e. The van der Waals surface area contributed by atoms with Crippen molar-refractivity contribution in [2.24, 2.45) is 0 Å². The summed E-state index contributed by atoms with van der Waals surface area (Å²) in [4.78, 5) is 25.6. The van der Waals surface area contributed by atoms with E-state index in [0.29, 0.717) is 22.3 Å². The molecular formula is C19H16N4O4. The van der Waals surface area contributed by atoms with E-state index in [1.807, 2.05) is 0 Å². The summed E-state index contributed by atoms with van der Waals surface area (Å²) in [5, 5.41) is 8.75. The maximum absolute atomic E-state index is 13.1. The zero-order chi connectivity index (χ0) is 19.0. The molecule has 8 heteroatoms. The number of rotatable bonds is 4. The van der Waals surface area contributed by atoms with E-state index in [1.165, 1.54) is 9.08 Å². The van der Waals surface area contributed by atoms with Crippen LogP contribution >= 0.6 is 0 Å². The Labute approximate surface area is 153 Å². The number of hydrogen-bond donors (Lipinski definition) is 0. The second-order valence-corrected chi connectivity index (χ2v) is 5.75. The van der Waals surface area contributed by atoms with Crippen LogP contribution < -0.4 is 10.4 Å². The highest BCUT2D eigenvalue weighted by Gasteiger charge is 2.23. The second-order valence-electron chi connectivity index (χ2n) is 5.75. The van der Waals surface area contributed by atoms with Crippen molar-refractivity contribution >= 4 is 22.5 Å². The van der Waals surface area contributed by atoms with Gasteiger partial charge >= 0.3 is 11.7 Å². The van der Waals surface area contributed by atoms with E-state index in [-0.39, 0.29) is 17.8 Å². The molecule has 0 aliphatic rings. The summed E-state index contributed by atoms with van der Waals surface area (Å²) in [5.41, 5.74) is 1.07. The van der Waals surface area contributed by atoms with Gasteiger partial charge in [0.05, 0.1) is 24.9 Å². The number of ether oxygens (including phenoxy) is 2. The third-order valence-electron chi connectivity index (χ3n) is 4.25. The number of hydrogen-bond acceptors (Lipinski definition) is 6. The van der Waals surface area contributed by atoms with Crippen LogP contribution in [-0.2, 0) is 4.74 Å². The Morgan fingerprint density at radius 2 is 1.85 bits per heavy atom. The average Bonchev–Trinajstić information content (AvgIpc) is 3.04. The van der Waals surface area contributed by atoms with Crippen molar-refractivity contribution < 1.29 is 14.3 Å². The maximum Gasteiger partial charge on any atom is 0.357 e. The van der Waals surface area contributed by atoms with E-state index >= 15 is 0 Å². The predicted molar refractivity (Wildman–Crippen MR) is 98.6 cm³/mol. The Morgan fingerprint density at radius 1 is 1.11 bits per heavy atom. The topological polar surface area (TPSA) is 87.7 Å². The number of nitrogens with zero attached hydrogens (tertiary/aromatic N) is 4. The Morgan fingerprint density at radius 3 is 2.56 bits per heavy atom. The van der Waals surface area contributed by atoms with Gasteiger partial charge in [0.2, 0.25) is 0 Å². The average molecular weight is 364 g/mol. The summed E-state index contributed by atoms with van der Waals surface area (Å²) < 4.78 is 12.8. The lowest BCUT2D eigenvalue weighted by molar-refractivity contribution is 0.0530. The fourth-order valence-corrected chi connectivity index (χ4v) is 3.02. The molecule has 0 fully saturated rings.